The molecule has 0 bridgehead atoms. The first kappa shape index (κ1) is 20.3. The summed E-state index contributed by atoms with van der Waals surface area (Å²) in [6.45, 7) is 7.79. The third-order valence-electron chi connectivity index (χ3n) is 4.89. The van der Waals surface area contributed by atoms with Gasteiger partial charge in [0.2, 0.25) is 0 Å². The van der Waals surface area contributed by atoms with Crippen LogP contribution in [0.25, 0.3) is 0 Å². The Hall–Kier alpha value is -2.05. The van der Waals surface area contributed by atoms with Gasteiger partial charge < -0.3 is 15.4 Å². The summed E-state index contributed by atoms with van der Waals surface area (Å²) in [6, 6.07) is 0. The Balaban J connectivity index is 2.07. The van der Waals surface area contributed by atoms with Crippen molar-refractivity contribution >= 4 is 12.0 Å². The summed E-state index contributed by atoms with van der Waals surface area (Å²) < 4.78 is 7.12. The van der Waals surface area contributed by atoms with E-state index in [9.17, 15) is 9.59 Å². The van der Waals surface area contributed by atoms with Gasteiger partial charge in [-0.25, -0.2) is 4.79 Å². The summed E-state index contributed by atoms with van der Waals surface area (Å²) in [7, 11) is 1.81. The smallest absolute Gasteiger partial charge is 0.408 e. The van der Waals surface area contributed by atoms with Gasteiger partial charge in [0.05, 0.1) is 17.3 Å². The van der Waals surface area contributed by atoms with Crippen LogP contribution in [0.2, 0.25) is 0 Å². The number of nitrogens with one attached hydrogen (secondary N) is 2. The average Bonchev–Trinajstić information content (AvgIpc) is 2.73. The fraction of sp³-hybridized carbons (Fsp3) is 0.737. The van der Waals surface area contributed by atoms with Crippen LogP contribution in [-0.2, 0) is 11.8 Å². The molecule has 1 heterocycles. The summed E-state index contributed by atoms with van der Waals surface area (Å²) in [6.07, 6.45) is 7.16. The first-order valence-corrected chi connectivity index (χ1v) is 9.40. The topological polar surface area (TPSA) is 85.2 Å². The van der Waals surface area contributed by atoms with Crippen LogP contribution >= 0.6 is 0 Å². The Morgan fingerprint density at radius 3 is 2.35 bits per heavy atom. The number of hydrogen-bond donors (Lipinski definition) is 2. The number of alkyl carbamates (subject to hydrolysis) is 1. The lowest BCUT2D eigenvalue weighted by Crippen LogP contribution is -2.56. The lowest BCUT2D eigenvalue weighted by molar-refractivity contribution is 0.0437. The number of rotatable bonds is 4. The van der Waals surface area contributed by atoms with Crippen LogP contribution in [0.4, 0.5) is 4.79 Å². The van der Waals surface area contributed by atoms with Crippen molar-refractivity contribution in [2.45, 2.75) is 77.4 Å². The molecule has 2 amide bonds. The van der Waals surface area contributed by atoms with E-state index in [-0.39, 0.29) is 5.91 Å². The van der Waals surface area contributed by atoms with Gasteiger partial charge in [-0.1, -0.05) is 25.7 Å². The maximum atomic E-state index is 12.6. The summed E-state index contributed by atoms with van der Waals surface area (Å²) >= 11 is 0. The van der Waals surface area contributed by atoms with E-state index in [1.165, 1.54) is 0 Å². The van der Waals surface area contributed by atoms with E-state index in [4.69, 9.17) is 4.74 Å². The number of carbonyl (C=O) groups is 2. The molecule has 1 fully saturated rings. The molecule has 1 aliphatic rings. The molecule has 0 radical (unpaired) electrons. The van der Waals surface area contributed by atoms with Crippen LogP contribution in [0.15, 0.2) is 6.20 Å². The number of aryl methyl sites for hydroxylation is 1. The standard InChI is InChI=1S/C19H32N4O3/c1-14-15(12-21-23(14)5)16(24)20-13-19(10-8-6-7-9-11-19)22-17(25)26-18(2,3)4/h12H,6-11,13H2,1-5H3,(H,20,24)(H,22,25). The summed E-state index contributed by atoms with van der Waals surface area (Å²) in [5.74, 6) is -0.162. The Bertz CT molecular complexity index is 638. The van der Waals surface area contributed by atoms with Crippen molar-refractivity contribution in [2.24, 2.45) is 7.05 Å². The summed E-state index contributed by atoms with van der Waals surface area (Å²) in [5.41, 5.74) is 0.363. The van der Waals surface area contributed by atoms with Crippen molar-refractivity contribution < 1.29 is 14.3 Å². The Kier molecular flexibility index (Phi) is 6.31. The minimum Gasteiger partial charge on any atom is -0.444 e. The van der Waals surface area contributed by atoms with Gasteiger partial charge in [-0.2, -0.15) is 5.10 Å². The van der Waals surface area contributed by atoms with Crippen LogP contribution < -0.4 is 10.6 Å². The molecular weight excluding hydrogens is 332 g/mol. The van der Waals surface area contributed by atoms with Gasteiger partial charge in [0, 0.05) is 19.3 Å². The predicted octanol–water partition coefficient (Wildman–Crippen LogP) is 3.08. The Morgan fingerprint density at radius 1 is 1.23 bits per heavy atom. The van der Waals surface area contributed by atoms with Gasteiger partial charge in [0.1, 0.15) is 5.60 Å². The van der Waals surface area contributed by atoms with Crippen LogP contribution in [-0.4, -0.2) is 39.5 Å². The van der Waals surface area contributed by atoms with Gasteiger partial charge in [0.15, 0.2) is 0 Å². The second-order valence-electron chi connectivity index (χ2n) is 8.27. The van der Waals surface area contributed by atoms with E-state index in [1.54, 1.807) is 10.9 Å². The third kappa shape index (κ3) is 5.47. The molecule has 0 spiro atoms. The molecule has 1 aromatic rings. The highest BCUT2D eigenvalue weighted by Crippen LogP contribution is 2.27. The maximum Gasteiger partial charge on any atom is 0.408 e. The second kappa shape index (κ2) is 8.10. The minimum atomic E-state index is -0.550. The number of nitrogens with zero attached hydrogens (tertiary/aromatic N) is 2. The SMILES string of the molecule is Cc1c(C(=O)NCC2(NC(=O)OC(C)(C)C)CCCCCC2)cnn1C. The zero-order valence-electron chi connectivity index (χ0n) is 16.6. The highest BCUT2D eigenvalue weighted by Gasteiger charge is 2.35. The van der Waals surface area contributed by atoms with E-state index >= 15 is 0 Å². The van der Waals surface area contributed by atoms with Crippen molar-refractivity contribution in [1.29, 1.82) is 0 Å². The highest BCUT2D eigenvalue weighted by molar-refractivity contribution is 5.95. The lowest BCUT2D eigenvalue weighted by Gasteiger charge is -2.35. The molecular formula is C19H32N4O3. The molecule has 146 valence electrons. The summed E-state index contributed by atoms with van der Waals surface area (Å²) in [5, 5.41) is 10.2. The molecule has 2 N–H and O–H groups in total. The van der Waals surface area contributed by atoms with Gasteiger partial charge >= 0.3 is 6.09 Å². The second-order valence-corrected chi connectivity index (χ2v) is 8.27. The zero-order valence-corrected chi connectivity index (χ0v) is 16.6. The molecule has 26 heavy (non-hydrogen) atoms. The van der Waals surface area contributed by atoms with E-state index in [1.807, 2.05) is 34.7 Å². The molecule has 2 rings (SSSR count). The van der Waals surface area contributed by atoms with E-state index < -0.39 is 17.2 Å². The zero-order chi connectivity index (χ0) is 19.4. The quantitative estimate of drug-likeness (QED) is 0.804. The number of aromatic nitrogens is 2. The molecule has 0 saturated heterocycles. The number of ether oxygens (including phenoxy) is 1. The van der Waals surface area contributed by atoms with Crippen molar-refractivity contribution in [3.8, 4) is 0 Å². The number of hydrogen-bond acceptors (Lipinski definition) is 4. The molecule has 0 aliphatic heterocycles. The first-order valence-electron chi connectivity index (χ1n) is 9.40. The van der Waals surface area contributed by atoms with Crippen LogP contribution in [0.1, 0.15) is 75.3 Å². The predicted molar refractivity (Wildman–Crippen MR) is 100 cm³/mol. The van der Waals surface area contributed by atoms with Crippen LogP contribution in [0.3, 0.4) is 0 Å². The molecule has 0 aromatic carbocycles. The normalized spacial score (nSPS) is 17.3. The molecule has 7 nitrogen and oxygen atoms in total. The number of carbonyl (C=O) groups excluding carboxylic acids is 2. The van der Waals surface area contributed by atoms with E-state index in [2.05, 4.69) is 15.7 Å². The lowest BCUT2D eigenvalue weighted by atomic mass is 9.90. The van der Waals surface area contributed by atoms with Gasteiger partial charge in [-0.05, 0) is 40.5 Å². The average molecular weight is 364 g/mol. The molecule has 1 saturated carbocycles. The minimum absolute atomic E-state index is 0.162. The van der Waals surface area contributed by atoms with Crippen molar-refractivity contribution in [2.75, 3.05) is 6.54 Å². The van der Waals surface area contributed by atoms with Gasteiger partial charge in [-0.3, -0.25) is 9.48 Å². The fourth-order valence-corrected chi connectivity index (χ4v) is 3.34. The van der Waals surface area contributed by atoms with Crippen LogP contribution in [0.5, 0.6) is 0 Å². The molecule has 0 atom stereocenters. The maximum absolute atomic E-state index is 12.6. The molecule has 1 aromatic heterocycles. The Labute approximate surface area is 155 Å². The monoisotopic (exact) mass is 364 g/mol. The molecule has 1 aliphatic carbocycles. The van der Waals surface area contributed by atoms with Gasteiger partial charge in [-0.15, -0.1) is 0 Å². The van der Waals surface area contributed by atoms with Gasteiger partial charge in [0.25, 0.3) is 5.91 Å². The van der Waals surface area contributed by atoms with Crippen molar-refractivity contribution in [3.63, 3.8) is 0 Å². The largest absolute Gasteiger partial charge is 0.444 e. The highest BCUT2D eigenvalue weighted by atomic mass is 16.6. The van der Waals surface area contributed by atoms with E-state index in [0.29, 0.717) is 12.1 Å². The number of amides is 2. The van der Waals surface area contributed by atoms with Crippen molar-refractivity contribution in [1.82, 2.24) is 20.4 Å². The van der Waals surface area contributed by atoms with E-state index in [0.717, 1.165) is 44.2 Å². The molecule has 7 heteroatoms. The first-order chi connectivity index (χ1) is 12.1. The summed E-state index contributed by atoms with van der Waals surface area (Å²) in [4.78, 5) is 24.9. The van der Waals surface area contributed by atoms with Crippen LogP contribution in [0, 0.1) is 6.92 Å². The van der Waals surface area contributed by atoms with Crippen molar-refractivity contribution in [3.05, 3.63) is 17.5 Å². The fourth-order valence-electron chi connectivity index (χ4n) is 3.34. The Morgan fingerprint density at radius 2 is 1.85 bits per heavy atom. The molecule has 0 unspecified atom stereocenters. The third-order valence-corrected chi connectivity index (χ3v) is 4.89.